The monoisotopic (exact) mass is 196 g/mol. The summed E-state index contributed by atoms with van der Waals surface area (Å²) in [7, 11) is 1.48. The lowest BCUT2D eigenvalue weighted by molar-refractivity contribution is -0.118. The van der Waals surface area contributed by atoms with E-state index in [1.165, 1.54) is 19.5 Å². The number of hydrogen-bond donors (Lipinski definition) is 2. The molecule has 0 aliphatic rings. The molecule has 1 amide bonds. The third-order valence-corrected chi connectivity index (χ3v) is 1.48. The quantitative estimate of drug-likeness (QED) is 0.670. The fourth-order valence-corrected chi connectivity index (χ4v) is 0.822. The number of ether oxygens (including phenoxy) is 1. The van der Waals surface area contributed by atoms with E-state index in [1.54, 1.807) is 6.07 Å². The molecule has 76 valence electrons. The number of carbonyl (C=O) groups excluding carboxylic acids is 1. The molecule has 0 aromatic carbocycles. The van der Waals surface area contributed by atoms with Gasteiger partial charge in [-0.1, -0.05) is 0 Å². The van der Waals surface area contributed by atoms with Crippen LogP contribution >= 0.6 is 0 Å². The van der Waals surface area contributed by atoms with Crippen molar-refractivity contribution in [2.24, 2.45) is 5.73 Å². The van der Waals surface area contributed by atoms with Crippen molar-refractivity contribution in [2.75, 3.05) is 19.0 Å². The standard InChI is InChI=1S/C8H12N4O2/c1-14-5-6(9)7(13)12-8-10-3-2-4-11-8/h2-4,6H,5,9H2,1H3,(H,10,11,12,13). The van der Waals surface area contributed by atoms with Crippen molar-refractivity contribution in [1.82, 2.24) is 9.97 Å². The van der Waals surface area contributed by atoms with Gasteiger partial charge >= 0.3 is 0 Å². The van der Waals surface area contributed by atoms with Gasteiger partial charge in [-0.25, -0.2) is 9.97 Å². The van der Waals surface area contributed by atoms with Gasteiger partial charge in [0.25, 0.3) is 0 Å². The molecule has 1 unspecified atom stereocenters. The molecule has 0 saturated carbocycles. The van der Waals surface area contributed by atoms with Crippen molar-refractivity contribution < 1.29 is 9.53 Å². The van der Waals surface area contributed by atoms with E-state index in [4.69, 9.17) is 10.5 Å². The Morgan fingerprint density at radius 2 is 2.29 bits per heavy atom. The van der Waals surface area contributed by atoms with Crippen LogP contribution in [0.1, 0.15) is 0 Å². The molecule has 0 fully saturated rings. The molecule has 6 heteroatoms. The second-order valence-corrected chi connectivity index (χ2v) is 2.62. The maximum absolute atomic E-state index is 11.3. The molecule has 1 heterocycles. The first-order valence-corrected chi connectivity index (χ1v) is 4.06. The number of methoxy groups -OCH3 is 1. The molecule has 0 radical (unpaired) electrons. The average Bonchev–Trinajstić information content (AvgIpc) is 2.19. The lowest BCUT2D eigenvalue weighted by Gasteiger charge is -2.09. The van der Waals surface area contributed by atoms with Crippen molar-refractivity contribution in [3.63, 3.8) is 0 Å². The molecule has 3 N–H and O–H groups in total. The van der Waals surface area contributed by atoms with Crippen molar-refractivity contribution in [1.29, 1.82) is 0 Å². The van der Waals surface area contributed by atoms with Gasteiger partial charge in [-0.2, -0.15) is 0 Å². The second-order valence-electron chi connectivity index (χ2n) is 2.62. The number of hydrogen-bond acceptors (Lipinski definition) is 5. The Morgan fingerprint density at radius 3 is 2.86 bits per heavy atom. The molecule has 1 rings (SSSR count). The Kier molecular flexibility index (Phi) is 3.96. The summed E-state index contributed by atoms with van der Waals surface area (Å²) in [6, 6.07) is 0.953. The molecule has 14 heavy (non-hydrogen) atoms. The minimum Gasteiger partial charge on any atom is -0.383 e. The predicted octanol–water partition coefficient (Wildman–Crippen LogP) is -0.611. The van der Waals surface area contributed by atoms with E-state index in [0.29, 0.717) is 0 Å². The van der Waals surface area contributed by atoms with E-state index in [1.807, 2.05) is 0 Å². The normalized spacial score (nSPS) is 12.1. The first kappa shape index (κ1) is 10.6. The van der Waals surface area contributed by atoms with Crippen LogP contribution in [-0.4, -0.2) is 35.6 Å². The number of rotatable bonds is 4. The lowest BCUT2D eigenvalue weighted by Crippen LogP contribution is -2.39. The van der Waals surface area contributed by atoms with Gasteiger partial charge in [0.2, 0.25) is 11.9 Å². The number of nitrogens with zero attached hydrogens (tertiary/aromatic N) is 2. The summed E-state index contributed by atoms with van der Waals surface area (Å²) in [4.78, 5) is 18.9. The highest BCUT2D eigenvalue weighted by Crippen LogP contribution is 1.94. The molecule has 6 nitrogen and oxygen atoms in total. The van der Waals surface area contributed by atoms with Gasteiger partial charge in [0.15, 0.2) is 0 Å². The molecule has 0 saturated heterocycles. The van der Waals surface area contributed by atoms with Gasteiger partial charge < -0.3 is 10.5 Å². The molecule has 0 aliphatic heterocycles. The third-order valence-electron chi connectivity index (χ3n) is 1.48. The van der Waals surface area contributed by atoms with E-state index >= 15 is 0 Å². The fraction of sp³-hybridized carbons (Fsp3) is 0.375. The van der Waals surface area contributed by atoms with Crippen LogP contribution in [0.2, 0.25) is 0 Å². The average molecular weight is 196 g/mol. The van der Waals surface area contributed by atoms with Crippen LogP contribution in [0.15, 0.2) is 18.5 Å². The molecule has 1 atom stereocenters. The Labute approximate surface area is 81.5 Å². The van der Waals surface area contributed by atoms with Gasteiger partial charge in [-0.3, -0.25) is 10.1 Å². The molecular formula is C8H12N4O2. The summed E-state index contributed by atoms with van der Waals surface area (Å²) in [5.74, 6) is -0.123. The zero-order valence-corrected chi connectivity index (χ0v) is 7.80. The van der Waals surface area contributed by atoms with Crippen LogP contribution < -0.4 is 11.1 Å². The largest absolute Gasteiger partial charge is 0.383 e. The van der Waals surface area contributed by atoms with Crippen molar-refractivity contribution >= 4 is 11.9 Å². The van der Waals surface area contributed by atoms with E-state index in [-0.39, 0.29) is 18.5 Å². The summed E-state index contributed by atoms with van der Waals surface area (Å²) in [6.07, 6.45) is 3.06. The number of carbonyl (C=O) groups is 1. The molecule has 0 bridgehead atoms. The van der Waals surface area contributed by atoms with Crippen LogP contribution in [-0.2, 0) is 9.53 Å². The zero-order valence-electron chi connectivity index (χ0n) is 7.80. The van der Waals surface area contributed by atoms with Gasteiger partial charge in [0.1, 0.15) is 6.04 Å². The topological polar surface area (TPSA) is 90.1 Å². The number of amides is 1. The maximum Gasteiger partial charge on any atom is 0.246 e. The SMILES string of the molecule is COCC(N)C(=O)Nc1ncccn1. The number of anilines is 1. The molecule has 1 aromatic heterocycles. The Hall–Kier alpha value is -1.53. The number of nitrogens with one attached hydrogen (secondary N) is 1. The molecule has 0 spiro atoms. The smallest absolute Gasteiger partial charge is 0.246 e. The van der Waals surface area contributed by atoms with Crippen molar-refractivity contribution in [2.45, 2.75) is 6.04 Å². The van der Waals surface area contributed by atoms with Crippen LogP contribution in [0.4, 0.5) is 5.95 Å². The van der Waals surface area contributed by atoms with E-state index in [0.717, 1.165) is 0 Å². The molecule has 0 aliphatic carbocycles. The first-order chi connectivity index (χ1) is 6.74. The maximum atomic E-state index is 11.3. The van der Waals surface area contributed by atoms with Crippen LogP contribution in [0.3, 0.4) is 0 Å². The van der Waals surface area contributed by atoms with Gasteiger partial charge in [0, 0.05) is 19.5 Å². The Balaban J connectivity index is 2.49. The van der Waals surface area contributed by atoms with Gasteiger partial charge in [0.05, 0.1) is 6.61 Å². The van der Waals surface area contributed by atoms with Crippen LogP contribution in [0.25, 0.3) is 0 Å². The van der Waals surface area contributed by atoms with Gasteiger partial charge in [-0.15, -0.1) is 0 Å². The van der Waals surface area contributed by atoms with E-state index in [9.17, 15) is 4.79 Å². The second kappa shape index (κ2) is 5.25. The van der Waals surface area contributed by atoms with Crippen LogP contribution in [0, 0.1) is 0 Å². The van der Waals surface area contributed by atoms with Crippen molar-refractivity contribution in [3.05, 3.63) is 18.5 Å². The zero-order chi connectivity index (χ0) is 10.4. The number of nitrogens with two attached hydrogens (primary N) is 1. The fourth-order valence-electron chi connectivity index (χ4n) is 0.822. The lowest BCUT2D eigenvalue weighted by atomic mass is 10.3. The summed E-state index contributed by atoms with van der Waals surface area (Å²) in [5.41, 5.74) is 5.48. The Morgan fingerprint density at radius 1 is 1.64 bits per heavy atom. The first-order valence-electron chi connectivity index (χ1n) is 4.06. The summed E-state index contributed by atoms with van der Waals surface area (Å²) < 4.78 is 4.74. The Bertz CT molecular complexity index is 291. The third kappa shape index (κ3) is 3.08. The van der Waals surface area contributed by atoms with E-state index in [2.05, 4.69) is 15.3 Å². The summed E-state index contributed by atoms with van der Waals surface area (Å²) in [5, 5.41) is 2.46. The minimum atomic E-state index is -0.705. The summed E-state index contributed by atoms with van der Waals surface area (Å²) in [6.45, 7) is 0.165. The van der Waals surface area contributed by atoms with Crippen LogP contribution in [0.5, 0.6) is 0 Å². The van der Waals surface area contributed by atoms with E-state index < -0.39 is 6.04 Å². The summed E-state index contributed by atoms with van der Waals surface area (Å²) >= 11 is 0. The molecular weight excluding hydrogens is 184 g/mol. The minimum absolute atomic E-state index is 0.165. The van der Waals surface area contributed by atoms with Crippen molar-refractivity contribution in [3.8, 4) is 0 Å². The predicted molar refractivity (Wildman–Crippen MR) is 50.5 cm³/mol. The highest BCUT2D eigenvalue weighted by Gasteiger charge is 2.13. The molecule has 1 aromatic rings. The highest BCUT2D eigenvalue weighted by atomic mass is 16.5. The number of aromatic nitrogens is 2. The van der Waals surface area contributed by atoms with Gasteiger partial charge in [-0.05, 0) is 6.07 Å². The highest BCUT2D eigenvalue weighted by molar-refractivity contribution is 5.93.